The number of nitrogens with two attached hydrogens (primary N) is 1. The SMILES string of the molecule is COc1c(C)c(Cl)nc(Cn2ccc3c(Br)nc(N)nc32)c1C. The van der Waals surface area contributed by atoms with E-state index in [0.717, 1.165) is 33.6 Å². The maximum atomic E-state index is 6.23. The number of anilines is 1. The fourth-order valence-corrected chi connectivity index (χ4v) is 3.26. The first-order valence-corrected chi connectivity index (χ1v) is 8.07. The van der Waals surface area contributed by atoms with Crippen molar-refractivity contribution < 1.29 is 4.74 Å². The van der Waals surface area contributed by atoms with E-state index >= 15 is 0 Å². The summed E-state index contributed by atoms with van der Waals surface area (Å²) in [4.78, 5) is 12.9. The lowest BCUT2D eigenvalue weighted by Gasteiger charge is -2.14. The molecule has 0 saturated heterocycles. The Balaban J connectivity index is 2.12. The molecule has 0 radical (unpaired) electrons. The van der Waals surface area contributed by atoms with Crippen LogP contribution in [0.3, 0.4) is 0 Å². The number of fused-ring (bicyclic) bond motifs is 1. The van der Waals surface area contributed by atoms with E-state index < -0.39 is 0 Å². The van der Waals surface area contributed by atoms with Gasteiger partial charge in [0, 0.05) is 17.3 Å². The summed E-state index contributed by atoms with van der Waals surface area (Å²) in [7, 11) is 1.63. The summed E-state index contributed by atoms with van der Waals surface area (Å²) in [6.07, 6.45) is 1.92. The van der Waals surface area contributed by atoms with E-state index in [2.05, 4.69) is 30.9 Å². The Morgan fingerprint density at radius 2 is 2.00 bits per heavy atom. The van der Waals surface area contributed by atoms with E-state index in [1.165, 1.54) is 0 Å². The normalized spacial score (nSPS) is 11.2. The lowest BCUT2D eigenvalue weighted by atomic mass is 10.1. The van der Waals surface area contributed by atoms with Crippen molar-refractivity contribution >= 4 is 44.5 Å². The van der Waals surface area contributed by atoms with Crippen LogP contribution in [0.4, 0.5) is 5.95 Å². The molecule has 23 heavy (non-hydrogen) atoms. The maximum absolute atomic E-state index is 6.23. The molecule has 0 aromatic carbocycles. The molecule has 0 aliphatic heterocycles. The molecule has 2 N–H and O–H groups in total. The first-order valence-electron chi connectivity index (χ1n) is 6.89. The van der Waals surface area contributed by atoms with E-state index in [1.807, 2.05) is 30.7 Å². The molecule has 0 aliphatic rings. The van der Waals surface area contributed by atoms with Crippen LogP contribution in [0.5, 0.6) is 5.75 Å². The fourth-order valence-electron chi connectivity index (χ4n) is 2.59. The van der Waals surface area contributed by atoms with E-state index in [-0.39, 0.29) is 5.95 Å². The van der Waals surface area contributed by atoms with E-state index in [9.17, 15) is 0 Å². The van der Waals surface area contributed by atoms with Gasteiger partial charge in [-0.25, -0.2) is 9.97 Å². The second-order valence-electron chi connectivity index (χ2n) is 5.19. The van der Waals surface area contributed by atoms with Gasteiger partial charge in [-0.2, -0.15) is 4.98 Å². The van der Waals surface area contributed by atoms with Crippen LogP contribution in [0.25, 0.3) is 11.0 Å². The molecule has 0 spiro atoms. The van der Waals surface area contributed by atoms with Gasteiger partial charge in [-0.15, -0.1) is 0 Å². The third kappa shape index (κ3) is 2.74. The van der Waals surface area contributed by atoms with Crippen molar-refractivity contribution in [2.24, 2.45) is 0 Å². The standard InChI is InChI=1S/C15H15BrClN5O/c1-7-10(19-13(17)8(2)11(7)23-3)6-22-5-4-9-12(16)20-15(18)21-14(9)22/h4-5H,6H2,1-3H3,(H2,18,20,21). The summed E-state index contributed by atoms with van der Waals surface area (Å²) < 4.78 is 8.08. The molecule has 0 aliphatic carbocycles. The van der Waals surface area contributed by atoms with Crippen LogP contribution in [0.15, 0.2) is 16.9 Å². The van der Waals surface area contributed by atoms with Crippen molar-refractivity contribution in [3.05, 3.63) is 38.8 Å². The highest BCUT2D eigenvalue weighted by molar-refractivity contribution is 9.10. The molecule has 0 fully saturated rings. The number of nitrogen functional groups attached to an aromatic ring is 1. The van der Waals surface area contributed by atoms with E-state index in [1.54, 1.807) is 7.11 Å². The van der Waals surface area contributed by atoms with Gasteiger partial charge in [-0.3, -0.25) is 0 Å². The third-order valence-electron chi connectivity index (χ3n) is 3.77. The van der Waals surface area contributed by atoms with Crippen LogP contribution in [0, 0.1) is 13.8 Å². The van der Waals surface area contributed by atoms with Gasteiger partial charge in [0.15, 0.2) is 0 Å². The highest BCUT2D eigenvalue weighted by Gasteiger charge is 2.16. The number of halogens is 2. The summed E-state index contributed by atoms with van der Waals surface area (Å²) in [5.74, 6) is 0.973. The van der Waals surface area contributed by atoms with Crippen molar-refractivity contribution in [3.8, 4) is 5.75 Å². The smallest absolute Gasteiger partial charge is 0.223 e. The Morgan fingerprint density at radius 1 is 1.26 bits per heavy atom. The summed E-state index contributed by atoms with van der Waals surface area (Å²) in [5, 5.41) is 1.33. The predicted molar refractivity (Wildman–Crippen MR) is 94.0 cm³/mol. The van der Waals surface area contributed by atoms with Crippen molar-refractivity contribution in [1.82, 2.24) is 19.5 Å². The van der Waals surface area contributed by atoms with Crippen LogP contribution < -0.4 is 10.5 Å². The van der Waals surface area contributed by atoms with Crippen molar-refractivity contribution in [2.75, 3.05) is 12.8 Å². The molecule has 6 nitrogen and oxygen atoms in total. The topological polar surface area (TPSA) is 78.8 Å². The van der Waals surface area contributed by atoms with Crippen molar-refractivity contribution in [3.63, 3.8) is 0 Å². The number of ether oxygens (including phenoxy) is 1. The third-order valence-corrected chi connectivity index (χ3v) is 4.74. The van der Waals surface area contributed by atoms with Crippen molar-refractivity contribution in [1.29, 1.82) is 0 Å². The fraction of sp³-hybridized carbons (Fsp3) is 0.267. The largest absolute Gasteiger partial charge is 0.496 e. The Hall–Kier alpha value is -1.86. The molecule has 0 atom stereocenters. The average Bonchev–Trinajstić information content (AvgIpc) is 2.89. The number of nitrogens with zero attached hydrogens (tertiary/aromatic N) is 4. The van der Waals surface area contributed by atoms with E-state index in [4.69, 9.17) is 22.1 Å². The molecule has 0 amide bonds. The Morgan fingerprint density at radius 3 is 2.70 bits per heavy atom. The molecule has 3 rings (SSSR count). The number of hydrogen-bond acceptors (Lipinski definition) is 5. The minimum atomic E-state index is 0.216. The van der Waals surface area contributed by atoms with Gasteiger partial charge in [-0.1, -0.05) is 11.6 Å². The van der Waals surface area contributed by atoms with Gasteiger partial charge in [0.05, 0.1) is 24.7 Å². The Labute approximate surface area is 146 Å². The van der Waals surface area contributed by atoms with Gasteiger partial charge < -0.3 is 15.0 Å². The van der Waals surface area contributed by atoms with Gasteiger partial charge >= 0.3 is 0 Å². The number of aromatic nitrogens is 4. The van der Waals surface area contributed by atoms with Gasteiger partial charge in [0.2, 0.25) is 5.95 Å². The van der Waals surface area contributed by atoms with Gasteiger partial charge in [0.25, 0.3) is 0 Å². The minimum absolute atomic E-state index is 0.216. The molecular weight excluding hydrogens is 382 g/mol. The molecule has 3 heterocycles. The average molecular weight is 397 g/mol. The minimum Gasteiger partial charge on any atom is -0.496 e. The van der Waals surface area contributed by atoms with Crippen LogP contribution >= 0.6 is 27.5 Å². The Bertz CT molecular complexity index is 909. The predicted octanol–water partition coefficient (Wildman–Crippen LogP) is 3.50. The molecule has 3 aromatic heterocycles. The van der Waals surface area contributed by atoms with Gasteiger partial charge in [-0.05, 0) is 35.8 Å². The monoisotopic (exact) mass is 395 g/mol. The lowest BCUT2D eigenvalue weighted by molar-refractivity contribution is 0.406. The second kappa shape index (κ2) is 5.98. The zero-order chi connectivity index (χ0) is 16.7. The second-order valence-corrected chi connectivity index (χ2v) is 6.30. The Kier molecular flexibility index (Phi) is 4.16. The van der Waals surface area contributed by atoms with Crippen LogP contribution in [-0.4, -0.2) is 26.6 Å². The molecule has 0 unspecified atom stereocenters. The molecule has 120 valence electrons. The van der Waals surface area contributed by atoms with Crippen molar-refractivity contribution in [2.45, 2.75) is 20.4 Å². The molecule has 8 heteroatoms. The molecular formula is C15H15BrClN5O. The van der Waals surface area contributed by atoms with E-state index in [0.29, 0.717) is 16.3 Å². The summed E-state index contributed by atoms with van der Waals surface area (Å²) in [6.45, 7) is 4.37. The molecule has 0 saturated carbocycles. The highest BCUT2D eigenvalue weighted by atomic mass is 79.9. The van der Waals surface area contributed by atoms with Crippen LogP contribution in [0.2, 0.25) is 5.15 Å². The van der Waals surface area contributed by atoms with Gasteiger partial charge in [0.1, 0.15) is 21.2 Å². The maximum Gasteiger partial charge on any atom is 0.223 e. The zero-order valence-corrected chi connectivity index (χ0v) is 15.2. The molecule has 3 aromatic rings. The first-order chi connectivity index (χ1) is 10.9. The zero-order valence-electron chi connectivity index (χ0n) is 12.9. The highest BCUT2D eigenvalue weighted by Crippen LogP contribution is 2.31. The number of methoxy groups -OCH3 is 1. The lowest BCUT2D eigenvalue weighted by Crippen LogP contribution is -2.07. The molecule has 0 bridgehead atoms. The number of hydrogen-bond donors (Lipinski definition) is 1. The number of rotatable bonds is 3. The van der Waals surface area contributed by atoms with Crippen LogP contribution in [0.1, 0.15) is 16.8 Å². The number of pyridine rings is 1. The summed E-state index contributed by atoms with van der Waals surface area (Å²) >= 11 is 9.63. The quantitative estimate of drug-likeness (QED) is 0.541. The first kappa shape index (κ1) is 16.0. The summed E-state index contributed by atoms with van der Waals surface area (Å²) in [6, 6.07) is 1.93. The summed E-state index contributed by atoms with van der Waals surface area (Å²) in [5.41, 5.74) is 9.09. The van der Waals surface area contributed by atoms with Crippen LogP contribution in [-0.2, 0) is 6.54 Å².